The number of ketones is 2. The summed E-state index contributed by atoms with van der Waals surface area (Å²) in [5, 5.41) is 0. The van der Waals surface area contributed by atoms with Gasteiger partial charge >= 0.3 is 0 Å². The third kappa shape index (κ3) is 5.00. The van der Waals surface area contributed by atoms with E-state index in [1.807, 2.05) is 13.0 Å². The summed E-state index contributed by atoms with van der Waals surface area (Å²) in [5.41, 5.74) is 1.01. The van der Waals surface area contributed by atoms with Crippen LogP contribution >= 0.6 is 0 Å². The summed E-state index contributed by atoms with van der Waals surface area (Å²) in [6.07, 6.45) is 4.89. The Labute approximate surface area is 140 Å². The second-order valence-electron chi connectivity index (χ2n) is 6.87. The number of hydrogen-bond donors (Lipinski definition) is 0. The lowest BCUT2D eigenvalue weighted by molar-refractivity contribution is -0.136. The molecule has 1 aromatic carbocycles. The number of piperidine rings is 1. The Balaban J connectivity index is 1.81. The van der Waals surface area contributed by atoms with Crippen LogP contribution in [0, 0.1) is 5.41 Å². The van der Waals surface area contributed by atoms with E-state index in [2.05, 4.69) is 29.2 Å². The zero-order valence-electron chi connectivity index (χ0n) is 14.5. The van der Waals surface area contributed by atoms with Gasteiger partial charge in [0.2, 0.25) is 0 Å². The number of hydrogen-bond acceptors (Lipinski definition) is 3. The predicted molar refractivity (Wildman–Crippen MR) is 93.5 cm³/mol. The van der Waals surface area contributed by atoms with E-state index in [1.54, 1.807) is 6.92 Å². The number of likely N-dealkylation sites (tertiary alicyclic amines) is 1. The first-order valence-corrected chi connectivity index (χ1v) is 8.85. The summed E-state index contributed by atoms with van der Waals surface area (Å²) in [4.78, 5) is 26.4. The summed E-state index contributed by atoms with van der Waals surface area (Å²) in [7, 11) is 0. The van der Waals surface area contributed by atoms with Crippen molar-refractivity contribution < 1.29 is 9.59 Å². The summed E-state index contributed by atoms with van der Waals surface area (Å²) in [5.74, 6) is 0.418. The summed E-state index contributed by atoms with van der Waals surface area (Å²) in [6.45, 7) is 6.47. The fraction of sp³-hybridized carbons (Fsp3) is 0.600. The molecule has 0 N–H and O–H groups in total. The third-order valence-corrected chi connectivity index (χ3v) is 5.10. The van der Waals surface area contributed by atoms with Crippen molar-refractivity contribution in [2.24, 2.45) is 5.41 Å². The molecule has 126 valence electrons. The van der Waals surface area contributed by atoms with Gasteiger partial charge in [0.05, 0.1) is 0 Å². The highest BCUT2D eigenvalue weighted by Crippen LogP contribution is 2.37. The average Bonchev–Trinajstić information content (AvgIpc) is 2.56. The van der Waals surface area contributed by atoms with Crippen LogP contribution in [0.5, 0.6) is 0 Å². The van der Waals surface area contributed by atoms with Gasteiger partial charge < -0.3 is 4.90 Å². The molecule has 0 aliphatic carbocycles. The maximum Gasteiger partial charge on any atom is 0.139 e. The fourth-order valence-electron chi connectivity index (χ4n) is 3.76. The van der Waals surface area contributed by atoms with E-state index in [4.69, 9.17) is 0 Å². The van der Waals surface area contributed by atoms with E-state index in [0.717, 1.165) is 45.3 Å². The molecule has 0 amide bonds. The molecule has 1 aliphatic rings. The van der Waals surface area contributed by atoms with Crippen molar-refractivity contribution in [3.05, 3.63) is 35.9 Å². The standard InChI is InChI=1S/C20H29NO2/c1-3-19(23)20(16-17(2)22)11-14-21(15-12-20)13-7-10-18-8-5-4-6-9-18/h4-6,8-9H,3,7,10-16H2,1-2H3. The van der Waals surface area contributed by atoms with E-state index < -0.39 is 0 Å². The van der Waals surface area contributed by atoms with Crippen LogP contribution in [0.15, 0.2) is 30.3 Å². The number of carbonyl (C=O) groups excluding carboxylic acids is 2. The molecule has 2 rings (SSSR count). The molecule has 1 fully saturated rings. The monoisotopic (exact) mass is 315 g/mol. The lowest BCUT2D eigenvalue weighted by atomic mass is 9.70. The highest BCUT2D eigenvalue weighted by atomic mass is 16.1. The SMILES string of the molecule is CCC(=O)C1(CC(C)=O)CCN(CCCc2ccccc2)CC1. The molecule has 3 nitrogen and oxygen atoms in total. The van der Waals surface area contributed by atoms with Gasteiger partial charge in [-0.15, -0.1) is 0 Å². The van der Waals surface area contributed by atoms with Gasteiger partial charge in [0.15, 0.2) is 0 Å². The Morgan fingerprint density at radius 3 is 2.35 bits per heavy atom. The van der Waals surface area contributed by atoms with Crippen molar-refractivity contribution in [3.8, 4) is 0 Å². The van der Waals surface area contributed by atoms with E-state index in [9.17, 15) is 9.59 Å². The largest absolute Gasteiger partial charge is 0.303 e. The molecule has 1 saturated heterocycles. The number of Topliss-reactive ketones (excluding diaryl/α,β-unsaturated/α-hetero) is 2. The van der Waals surface area contributed by atoms with E-state index in [0.29, 0.717) is 12.8 Å². The van der Waals surface area contributed by atoms with Crippen LogP contribution in [0.4, 0.5) is 0 Å². The minimum absolute atomic E-state index is 0.143. The van der Waals surface area contributed by atoms with Crippen molar-refractivity contribution in [1.82, 2.24) is 4.90 Å². The zero-order chi connectivity index (χ0) is 16.7. The van der Waals surface area contributed by atoms with Gasteiger partial charge in [-0.3, -0.25) is 9.59 Å². The normalized spacial score (nSPS) is 17.8. The van der Waals surface area contributed by atoms with Crippen molar-refractivity contribution in [2.45, 2.75) is 52.4 Å². The number of rotatable bonds is 8. The quantitative estimate of drug-likeness (QED) is 0.734. The Kier molecular flexibility index (Phi) is 6.52. The maximum absolute atomic E-state index is 12.4. The second-order valence-corrected chi connectivity index (χ2v) is 6.87. The second kappa shape index (κ2) is 8.39. The van der Waals surface area contributed by atoms with Crippen LogP contribution in [0.3, 0.4) is 0 Å². The Morgan fingerprint density at radius 2 is 1.78 bits per heavy atom. The molecule has 23 heavy (non-hydrogen) atoms. The first-order valence-electron chi connectivity index (χ1n) is 8.85. The number of nitrogens with zero attached hydrogens (tertiary/aromatic N) is 1. The smallest absolute Gasteiger partial charge is 0.139 e. The van der Waals surface area contributed by atoms with Gasteiger partial charge in [-0.1, -0.05) is 37.3 Å². The first-order chi connectivity index (χ1) is 11.1. The highest BCUT2D eigenvalue weighted by molar-refractivity contribution is 5.90. The molecule has 0 radical (unpaired) electrons. The van der Waals surface area contributed by atoms with Gasteiger partial charge in [-0.05, 0) is 57.8 Å². The molecule has 0 bridgehead atoms. The van der Waals surface area contributed by atoms with E-state index in [-0.39, 0.29) is 17.0 Å². The minimum Gasteiger partial charge on any atom is -0.303 e. The van der Waals surface area contributed by atoms with Crippen molar-refractivity contribution in [3.63, 3.8) is 0 Å². The maximum atomic E-state index is 12.4. The molecule has 3 heteroatoms. The van der Waals surface area contributed by atoms with Crippen LogP contribution in [0.25, 0.3) is 0 Å². The van der Waals surface area contributed by atoms with Gasteiger partial charge in [-0.2, -0.15) is 0 Å². The lowest BCUT2D eigenvalue weighted by Crippen LogP contribution is -2.45. The van der Waals surface area contributed by atoms with E-state index >= 15 is 0 Å². The zero-order valence-corrected chi connectivity index (χ0v) is 14.5. The number of carbonyl (C=O) groups is 2. The summed E-state index contributed by atoms with van der Waals surface area (Å²) < 4.78 is 0. The Morgan fingerprint density at radius 1 is 1.13 bits per heavy atom. The Hall–Kier alpha value is -1.48. The number of benzene rings is 1. The Bertz CT molecular complexity index is 516. The van der Waals surface area contributed by atoms with Crippen LogP contribution in [0.2, 0.25) is 0 Å². The fourth-order valence-corrected chi connectivity index (χ4v) is 3.76. The minimum atomic E-state index is -0.378. The molecule has 0 unspecified atom stereocenters. The predicted octanol–water partition coefficient (Wildman–Crippen LogP) is 3.66. The van der Waals surface area contributed by atoms with Gasteiger partial charge in [-0.25, -0.2) is 0 Å². The molecule has 0 atom stereocenters. The molecule has 0 spiro atoms. The van der Waals surface area contributed by atoms with Crippen LogP contribution in [0.1, 0.15) is 51.5 Å². The molecule has 1 aliphatic heterocycles. The van der Waals surface area contributed by atoms with Gasteiger partial charge in [0, 0.05) is 18.3 Å². The lowest BCUT2D eigenvalue weighted by Gasteiger charge is -2.40. The molecular formula is C20H29NO2. The van der Waals surface area contributed by atoms with Crippen molar-refractivity contribution in [2.75, 3.05) is 19.6 Å². The summed E-state index contributed by atoms with van der Waals surface area (Å²) >= 11 is 0. The highest BCUT2D eigenvalue weighted by Gasteiger charge is 2.40. The van der Waals surface area contributed by atoms with Crippen LogP contribution in [-0.2, 0) is 16.0 Å². The van der Waals surface area contributed by atoms with Gasteiger partial charge in [0.25, 0.3) is 0 Å². The summed E-state index contributed by atoms with van der Waals surface area (Å²) in [6, 6.07) is 10.6. The molecular weight excluding hydrogens is 286 g/mol. The molecule has 1 heterocycles. The van der Waals surface area contributed by atoms with E-state index in [1.165, 1.54) is 5.56 Å². The van der Waals surface area contributed by atoms with Gasteiger partial charge in [0.1, 0.15) is 11.6 Å². The average molecular weight is 315 g/mol. The van der Waals surface area contributed by atoms with Crippen molar-refractivity contribution >= 4 is 11.6 Å². The molecule has 0 aromatic heterocycles. The van der Waals surface area contributed by atoms with Crippen LogP contribution < -0.4 is 0 Å². The topological polar surface area (TPSA) is 37.4 Å². The first kappa shape index (κ1) is 17.9. The van der Waals surface area contributed by atoms with Crippen molar-refractivity contribution in [1.29, 1.82) is 0 Å². The van der Waals surface area contributed by atoms with Crippen LogP contribution in [-0.4, -0.2) is 36.1 Å². The molecule has 1 aromatic rings. The molecule has 0 saturated carbocycles. The third-order valence-electron chi connectivity index (χ3n) is 5.10. The number of aryl methyl sites for hydroxylation is 1.